The summed E-state index contributed by atoms with van der Waals surface area (Å²) in [5.41, 5.74) is 0.663. The molecule has 184 valence electrons. The van der Waals surface area contributed by atoms with Crippen molar-refractivity contribution in [1.29, 1.82) is 0 Å². The lowest BCUT2D eigenvalue weighted by Crippen LogP contribution is -2.60. The van der Waals surface area contributed by atoms with E-state index in [0.717, 1.165) is 42.9 Å². The highest BCUT2D eigenvalue weighted by Crippen LogP contribution is 2.71. The van der Waals surface area contributed by atoms with Crippen molar-refractivity contribution in [1.82, 2.24) is 0 Å². The molecule has 9 atom stereocenters. The number of hydrogen-bond acceptors (Lipinski definition) is 3. The number of hydrogen-bond donors (Lipinski definition) is 3. The number of carboxylic acids is 1. The van der Waals surface area contributed by atoms with Gasteiger partial charge in [0.1, 0.15) is 0 Å². The molecule has 0 aromatic heterocycles. The lowest BCUT2D eigenvalue weighted by molar-refractivity contribution is -0.190. The van der Waals surface area contributed by atoms with Gasteiger partial charge < -0.3 is 15.3 Å². The zero-order valence-corrected chi connectivity index (χ0v) is 20.8. The van der Waals surface area contributed by atoms with Crippen LogP contribution in [-0.4, -0.2) is 34.5 Å². The van der Waals surface area contributed by atoms with Crippen molar-refractivity contribution < 1.29 is 20.1 Å². The Balaban J connectivity index is 0.000000444. The van der Waals surface area contributed by atoms with E-state index in [4.69, 9.17) is 10.2 Å². The molecule has 0 aliphatic heterocycles. The monoisotopic (exact) mass is 448 g/mol. The van der Waals surface area contributed by atoms with Gasteiger partial charge in [-0.05, 0) is 111 Å². The zero-order chi connectivity index (χ0) is 23.1. The molecule has 0 radical (unpaired) electrons. The number of aliphatic carboxylic acids is 1. The number of carboxylic acid groups (broad SMARTS) is 1. The Labute approximate surface area is 195 Å². The van der Waals surface area contributed by atoms with Crippen LogP contribution in [0.25, 0.3) is 0 Å². The molecule has 4 heteroatoms. The van der Waals surface area contributed by atoms with E-state index in [1.165, 1.54) is 57.8 Å². The fourth-order valence-corrected chi connectivity index (χ4v) is 10.4. The summed E-state index contributed by atoms with van der Waals surface area (Å²) in [4.78, 5) is 12.3. The first-order valence-corrected chi connectivity index (χ1v) is 13.7. The summed E-state index contributed by atoms with van der Waals surface area (Å²) in [6.45, 7) is 8.03. The van der Waals surface area contributed by atoms with Crippen molar-refractivity contribution in [3.05, 3.63) is 0 Å². The summed E-state index contributed by atoms with van der Waals surface area (Å²) in [6, 6.07) is 0. The molecular formula is C28H48O4. The molecular weight excluding hydrogens is 400 g/mol. The number of carbonyl (C=O) groups is 1. The second-order valence-electron chi connectivity index (χ2n) is 12.7. The van der Waals surface area contributed by atoms with Gasteiger partial charge in [0.15, 0.2) is 0 Å². The molecule has 0 heterocycles. The molecule has 5 saturated carbocycles. The summed E-state index contributed by atoms with van der Waals surface area (Å²) < 4.78 is 0. The second-order valence-corrected chi connectivity index (χ2v) is 12.7. The molecule has 3 N–H and O–H groups in total. The predicted octanol–water partition coefficient (Wildman–Crippen LogP) is 5.90. The molecule has 0 saturated heterocycles. The van der Waals surface area contributed by atoms with Crippen molar-refractivity contribution in [3.8, 4) is 0 Å². The second kappa shape index (κ2) is 9.21. The van der Waals surface area contributed by atoms with Gasteiger partial charge >= 0.3 is 5.97 Å². The van der Waals surface area contributed by atoms with Crippen LogP contribution in [0.3, 0.4) is 0 Å². The third kappa shape index (κ3) is 3.67. The Morgan fingerprint density at radius 1 is 0.781 bits per heavy atom. The van der Waals surface area contributed by atoms with E-state index in [-0.39, 0.29) is 18.6 Å². The van der Waals surface area contributed by atoms with Crippen molar-refractivity contribution in [3.63, 3.8) is 0 Å². The smallest absolute Gasteiger partial charge is 0.309 e. The minimum Gasteiger partial charge on any atom is -0.481 e. The van der Waals surface area contributed by atoms with Gasteiger partial charge in [-0.3, -0.25) is 4.79 Å². The summed E-state index contributed by atoms with van der Waals surface area (Å²) in [7, 11) is 0. The van der Waals surface area contributed by atoms with Crippen LogP contribution in [0.4, 0.5) is 0 Å². The molecule has 0 aromatic rings. The first-order valence-electron chi connectivity index (χ1n) is 13.7. The van der Waals surface area contributed by atoms with E-state index >= 15 is 0 Å². The predicted molar refractivity (Wildman–Crippen MR) is 127 cm³/mol. The van der Waals surface area contributed by atoms with E-state index in [0.29, 0.717) is 29.1 Å². The molecule has 0 aromatic carbocycles. The van der Waals surface area contributed by atoms with Gasteiger partial charge in [0, 0.05) is 13.2 Å². The normalized spacial score (nSPS) is 49.5. The van der Waals surface area contributed by atoms with Crippen molar-refractivity contribution in [2.24, 2.45) is 51.8 Å². The quantitative estimate of drug-likeness (QED) is 0.502. The molecule has 5 aliphatic carbocycles. The van der Waals surface area contributed by atoms with Crippen LogP contribution < -0.4 is 0 Å². The summed E-state index contributed by atoms with van der Waals surface area (Å²) >= 11 is 0. The van der Waals surface area contributed by atoms with Crippen LogP contribution >= 0.6 is 0 Å². The topological polar surface area (TPSA) is 77.8 Å². The molecule has 32 heavy (non-hydrogen) atoms. The minimum atomic E-state index is -0.465. The van der Waals surface area contributed by atoms with Crippen LogP contribution in [0.5, 0.6) is 0 Å². The molecule has 9 unspecified atom stereocenters. The Hall–Kier alpha value is -0.610. The van der Waals surface area contributed by atoms with Crippen molar-refractivity contribution in [2.75, 3.05) is 13.2 Å². The van der Waals surface area contributed by atoms with Crippen LogP contribution in [0.2, 0.25) is 0 Å². The van der Waals surface area contributed by atoms with Gasteiger partial charge in [-0.15, -0.1) is 0 Å². The Bertz CT molecular complexity index is 676. The largest absolute Gasteiger partial charge is 0.481 e. The fraction of sp³-hybridized carbons (Fsp3) is 0.964. The molecule has 5 fully saturated rings. The molecule has 4 nitrogen and oxygen atoms in total. The lowest BCUT2D eigenvalue weighted by atomic mass is 9.38. The Kier molecular flexibility index (Phi) is 7.05. The van der Waals surface area contributed by atoms with E-state index in [2.05, 4.69) is 20.8 Å². The lowest BCUT2D eigenvalue weighted by Gasteiger charge is -2.67. The van der Waals surface area contributed by atoms with Crippen LogP contribution in [-0.2, 0) is 4.79 Å². The van der Waals surface area contributed by atoms with E-state index in [1.807, 2.05) is 0 Å². The number of fused-ring (bicyclic) bond motifs is 7. The maximum Gasteiger partial charge on any atom is 0.309 e. The highest BCUT2D eigenvalue weighted by atomic mass is 16.4. The van der Waals surface area contributed by atoms with Crippen LogP contribution in [0.1, 0.15) is 104 Å². The molecule has 0 bridgehead atoms. The van der Waals surface area contributed by atoms with Gasteiger partial charge in [0.2, 0.25) is 0 Å². The highest BCUT2D eigenvalue weighted by Gasteiger charge is 2.65. The summed E-state index contributed by atoms with van der Waals surface area (Å²) in [5, 5.41) is 25.9. The van der Waals surface area contributed by atoms with Crippen LogP contribution in [0, 0.1) is 51.8 Å². The summed E-state index contributed by atoms with van der Waals surface area (Å²) in [5.74, 6) is 4.23. The minimum absolute atomic E-state index is 0.0938. The number of aliphatic hydroxyl groups excluding tert-OH is 2. The van der Waals surface area contributed by atoms with E-state index in [9.17, 15) is 9.90 Å². The maximum atomic E-state index is 12.3. The zero-order valence-electron chi connectivity index (χ0n) is 20.8. The molecule has 0 amide bonds. The third-order valence-electron chi connectivity index (χ3n) is 11.7. The number of aliphatic hydroxyl groups is 2. The standard InChI is InChI=1S/C25H40O2.C3H8O2/c1-16-6-4-12-23(2)18(16)10-14-24(3)19-11-15-25(22(26)27)13-5-7-20(25)17(19)8-9-21(23)24;4-2-1-3-5/h16-21H,4-15H2,1-3H3,(H,26,27);4-5H,1-3H2. The SMILES string of the molecule is CC1CCCC2(C)C1CCC1(C)C3CCC4(C(=O)O)CCCC4C3CCC21.OCCCO. The van der Waals surface area contributed by atoms with Gasteiger partial charge in [0.05, 0.1) is 5.41 Å². The van der Waals surface area contributed by atoms with Gasteiger partial charge in [0.25, 0.3) is 0 Å². The van der Waals surface area contributed by atoms with Crippen molar-refractivity contribution in [2.45, 2.75) is 104 Å². The van der Waals surface area contributed by atoms with Gasteiger partial charge in [-0.25, -0.2) is 0 Å². The molecule has 5 aliphatic rings. The average Bonchev–Trinajstić information content (AvgIpc) is 3.20. The molecule has 5 rings (SSSR count). The third-order valence-corrected chi connectivity index (χ3v) is 11.7. The van der Waals surface area contributed by atoms with Gasteiger partial charge in [-0.1, -0.05) is 40.0 Å². The highest BCUT2D eigenvalue weighted by molar-refractivity contribution is 5.75. The van der Waals surface area contributed by atoms with Gasteiger partial charge in [-0.2, -0.15) is 0 Å². The fourth-order valence-electron chi connectivity index (χ4n) is 10.4. The van der Waals surface area contributed by atoms with E-state index < -0.39 is 5.97 Å². The molecule has 0 spiro atoms. The summed E-state index contributed by atoms with van der Waals surface area (Å²) in [6.07, 6.45) is 15.8. The van der Waals surface area contributed by atoms with Crippen molar-refractivity contribution >= 4 is 5.97 Å². The average molecular weight is 449 g/mol. The first kappa shape index (κ1) is 24.5. The number of rotatable bonds is 3. The maximum absolute atomic E-state index is 12.3. The Morgan fingerprint density at radius 2 is 1.44 bits per heavy atom. The first-order chi connectivity index (χ1) is 15.2. The van der Waals surface area contributed by atoms with Crippen LogP contribution in [0.15, 0.2) is 0 Å². The Morgan fingerprint density at radius 3 is 2.09 bits per heavy atom. The van der Waals surface area contributed by atoms with E-state index in [1.54, 1.807) is 0 Å².